The number of piperidine rings is 2. The van der Waals surface area contributed by atoms with E-state index >= 15 is 0 Å². The minimum absolute atomic E-state index is 0.0808. The Labute approximate surface area is 109 Å². The van der Waals surface area contributed by atoms with Crippen LogP contribution < -0.4 is 0 Å². The maximum absolute atomic E-state index is 12.2. The fourth-order valence-electron chi connectivity index (χ4n) is 2.63. The van der Waals surface area contributed by atoms with Crippen molar-refractivity contribution in [1.82, 2.24) is 9.80 Å². The van der Waals surface area contributed by atoms with Gasteiger partial charge in [0, 0.05) is 32.4 Å². The molecule has 2 saturated heterocycles. The monoisotopic (exact) mass is 247 g/mol. The molecule has 0 spiro atoms. The molecule has 4 heteroatoms. The third kappa shape index (κ3) is 3.25. The Morgan fingerprint density at radius 2 is 1.50 bits per heavy atom. The summed E-state index contributed by atoms with van der Waals surface area (Å²) in [7, 11) is 0. The van der Waals surface area contributed by atoms with Crippen molar-refractivity contribution < 1.29 is 4.79 Å². The number of rotatable bonds is 2. The van der Waals surface area contributed by atoms with E-state index in [2.05, 4.69) is 11.0 Å². The number of hydrogen-bond donors (Lipinski definition) is 0. The molecule has 0 aliphatic carbocycles. The first-order valence-electron chi connectivity index (χ1n) is 6.96. The van der Waals surface area contributed by atoms with Crippen LogP contribution in [-0.4, -0.2) is 41.9 Å². The van der Waals surface area contributed by atoms with Crippen LogP contribution in [0.5, 0.6) is 0 Å². The second-order valence-corrected chi connectivity index (χ2v) is 5.10. The average molecular weight is 247 g/mol. The number of nitriles is 1. The third-order valence-corrected chi connectivity index (χ3v) is 3.70. The molecule has 0 aromatic heterocycles. The summed E-state index contributed by atoms with van der Waals surface area (Å²) in [5.74, 6) is -0.0808. The molecule has 0 N–H and O–H groups in total. The van der Waals surface area contributed by atoms with Gasteiger partial charge in [-0.15, -0.1) is 0 Å². The molecule has 2 aliphatic rings. The minimum Gasteiger partial charge on any atom is -0.376 e. The molecular weight excluding hydrogens is 226 g/mol. The summed E-state index contributed by atoms with van der Waals surface area (Å²) in [6.45, 7) is 3.55. The highest BCUT2D eigenvalue weighted by Gasteiger charge is 2.21. The molecule has 2 aliphatic heterocycles. The van der Waals surface area contributed by atoms with E-state index in [0.29, 0.717) is 5.57 Å². The highest BCUT2D eigenvalue weighted by molar-refractivity contribution is 5.97. The molecule has 0 atom stereocenters. The predicted octanol–water partition coefficient (Wildman–Crippen LogP) is 1.89. The molecule has 0 bridgehead atoms. The maximum atomic E-state index is 12.2. The van der Waals surface area contributed by atoms with Gasteiger partial charge in [0.1, 0.15) is 11.6 Å². The first kappa shape index (κ1) is 12.9. The maximum Gasteiger partial charge on any atom is 0.266 e. The van der Waals surface area contributed by atoms with Gasteiger partial charge in [0.15, 0.2) is 0 Å². The molecule has 0 saturated carbocycles. The zero-order chi connectivity index (χ0) is 12.8. The van der Waals surface area contributed by atoms with E-state index in [1.54, 1.807) is 6.20 Å². The van der Waals surface area contributed by atoms with E-state index in [1.165, 1.54) is 12.8 Å². The van der Waals surface area contributed by atoms with Gasteiger partial charge in [-0.3, -0.25) is 4.79 Å². The summed E-state index contributed by atoms with van der Waals surface area (Å²) < 4.78 is 0. The molecule has 2 heterocycles. The van der Waals surface area contributed by atoms with Crippen LogP contribution >= 0.6 is 0 Å². The summed E-state index contributed by atoms with van der Waals surface area (Å²) in [6.07, 6.45) is 8.67. The third-order valence-electron chi connectivity index (χ3n) is 3.70. The van der Waals surface area contributed by atoms with Crippen molar-refractivity contribution in [3.8, 4) is 6.07 Å². The van der Waals surface area contributed by atoms with Gasteiger partial charge in [-0.05, 0) is 38.5 Å². The summed E-state index contributed by atoms with van der Waals surface area (Å²) in [5, 5.41) is 9.17. The lowest BCUT2D eigenvalue weighted by Gasteiger charge is -2.28. The standard InChI is InChI=1S/C14H21N3O/c15-11-13(12-16-7-3-1-4-8-16)14(18)17-9-5-2-6-10-17/h12H,1-10H2/b13-12-. The van der Waals surface area contributed by atoms with Crippen LogP contribution in [0, 0.1) is 11.3 Å². The topological polar surface area (TPSA) is 47.3 Å². The quantitative estimate of drug-likeness (QED) is 0.553. The molecule has 1 amide bonds. The van der Waals surface area contributed by atoms with Crippen LogP contribution in [0.2, 0.25) is 0 Å². The zero-order valence-corrected chi connectivity index (χ0v) is 10.9. The Bertz CT molecular complexity index is 358. The van der Waals surface area contributed by atoms with Gasteiger partial charge < -0.3 is 9.80 Å². The lowest BCUT2D eigenvalue weighted by molar-refractivity contribution is -0.127. The van der Waals surface area contributed by atoms with Gasteiger partial charge in [0.25, 0.3) is 5.91 Å². The first-order chi connectivity index (χ1) is 8.81. The number of carbonyl (C=O) groups is 1. The highest BCUT2D eigenvalue weighted by Crippen LogP contribution is 2.14. The number of amides is 1. The van der Waals surface area contributed by atoms with Crippen LogP contribution in [-0.2, 0) is 4.79 Å². The molecule has 2 rings (SSSR count). The van der Waals surface area contributed by atoms with Gasteiger partial charge >= 0.3 is 0 Å². The van der Waals surface area contributed by atoms with Crippen LogP contribution in [0.15, 0.2) is 11.8 Å². The summed E-state index contributed by atoms with van der Waals surface area (Å²) >= 11 is 0. The van der Waals surface area contributed by atoms with Crippen molar-refractivity contribution in [2.75, 3.05) is 26.2 Å². The molecule has 0 aromatic carbocycles. The molecule has 0 radical (unpaired) electrons. The molecule has 0 aromatic rings. The van der Waals surface area contributed by atoms with E-state index in [0.717, 1.165) is 51.9 Å². The number of carbonyl (C=O) groups excluding carboxylic acids is 1. The number of likely N-dealkylation sites (tertiary alicyclic amines) is 2. The fourth-order valence-corrected chi connectivity index (χ4v) is 2.63. The lowest BCUT2D eigenvalue weighted by atomic mass is 10.1. The van der Waals surface area contributed by atoms with Crippen molar-refractivity contribution in [1.29, 1.82) is 5.26 Å². The van der Waals surface area contributed by atoms with E-state index in [4.69, 9.17) is 5.26 Å². The zero-order valence-electron chi connectivity index (χ0n) is 10.9. The van der Waals surface area contributed by atoms with Crippen molar-refractivity contribution in [2.24, 2.45) is 0 Å². The Balaban J connectivity index is 2.00. The molecule has 18 heavy (non-hydrogen) atoms. The fraction of sp³-hybridized carbons (Fsp3) is 0.714. The second kappa shape index (κ2) is 6.44. The summed E-state index contributed by atoms with van der Waals surface area (Å²) in [5.41, 5.74) is 0.304. The normalized spacial score (nSPS) is 21.6. The van der Waals surface area contributed by atoms with Crippen molar-refractivity contribution in [3.05, 3.63) is 11.8 Å². The van der Waals surface area contributed by atoms with E-state index < -0.39 is 0 Å². The van der Waals surface area contributed by atoms with Crippen molar-refractivity contribution in [2.45, 2.75) is 38.5 Å². The van der Waals surface area contributed by atoms with E-state index in [1.807, 2.05) is 4.90 Å². The van der Waals surface area contributed by atoms with Crippen LogP contribution in [0.4, 0.5) is 0 Å². The smallest absolute Gasteiger partial charge is 0.266 e. The Hall–Kier alpha value is -1.50. The van der Waals surface area contributed by atoms with Gasteiger partial charge in [0.05, 0.1) is 0 Å². The van der Waals surface area contributed by atoms with E-state index in [-0.39, 0.29) is 5.91 Å². The van der Waals surface area contributed by atoms with Gasteiger partial charge in [-0.25, -0.2) is 0 Å². The second-order valence-electron chi connectivity index (χ2n) is 5.10. The lowest BCUT2D eigenvalue weighted by Crippen LogP contribution is -2.37. The molecule has 4 nitrogen and oxygen atoms in total. The summed E-state index contributed by atoms with van der Waals surface area (Å²) in [4.78, 5) is 16.1. The van der Waals surface area contributed by atoms with Crippen LogP contribution in [0.25, 0.3) is 0 Å². The first-order valence-corrected chi connectivity index (χ1v) is 6.96. The predicted molar refractivity (Wildman–Crippen MR) is 69.6 cm³/mol. The molecule has 2 fully saturated rings. The molecular formula is C14H21N3O. The number of nitrogens with zero attached hydrogens (tertiary/aromatic N) is 3. The Morgan fingerprint density at radius 1 is 0.944 bits per heavy atom. The summed E-state index contributed by atoms with van der Waals surface area (Å²) in [6, 6.07) is 2.07. The van der Waals surface area contributed by atoms with Crippen molar-refractivity contribution in [3.63, 3.8) is 0 Å². The van der Waals surface area contributed by atoms with Gasteiger partial charge in [0.2, 0.25) is 0 Å². The minimum atomic E-state index is -0.0808. The Morgan fingerprint density at radius 3 is 2.06 bits per heavy atom. The number of hydrogen-bond acceptors (Lipinski definition) is 3. The van der Waals surface area contributed by atoms with Crippen LogP contribution in [0.3, 0.4) is 0 Å². The molecule has 0 unspecified atom stereocenters. The van der Waals surface area contributed by atoms with Crippen LogP contribution in [0.1, 0.15) is 38.5 Å². The van der Waals surface area contributed by atoms with Gasteiger partial charge in [-0.2, -0.15) is 5.26 Å². The van der Waals surface area contributed by atoms with E-state index in [9.17, 15) is 4.79 Å². The largest absolute Gasteiger partial charge is 0.376 e. The van der Waals surface area contributed by atoms with Crippen molar-refractivity contribution >= 4 is 5.91 Å². The van der Waals surface area contributed by atoms with Gasteiger partial charge in [-0.1, -0.05) is 0 Å². The average Bonchev–Trinajstić information content (AvgIpc) is 2.46. The molecule has 98 valence electrons. The highest BCUT2D eigenvalue weighted by atomic mass is 16.2. The SMILES string of the molecule is N#C/C(=C/N1CCCCC1)C(=O)N1CCCCC1. The Kier molecular flexibility index (Phi) is 4.63.